The Bertz CT molecular complexity index is 6180. The lowest BCUT2D eigenvalue weighted by atomic mass is 9.73. The summed E-state index contributed by atoms with van der Waals surface area (Å²) in [6.45, 7) is 14.1. The standard InChI is InChI=1S/C24H30N4O.C20H22BrN3O2S.C19H19ClN4O2S.C19H21N3O2.C18H17N3OS2/c1-24(15-22(29)27(2)23(25)26-24)21-12-7-13-28(17-21)16-18-8-6-11-20(14-18)19-9-4-3-5-10-19;1-19(15-10-14(21)11-27-15)16(17(25)24(2)18(22)23-19)12-4-6-13(7-5-12)20(26)8-3-9-20;1-4-26-16-17(25)24(3)18(22)23-19(16,2)15-8-13(10-27-15)12-5-11(9-21)6-14(20)7-12;1-24-14-8-13-22-17(23)19(21-18(22)20,15-9-4-2-5-10-15)16-11-6-3-7-12-16;1-18(9-15(22)21(2)17(19)20-18)13-7-11-4-6-24-16(11)14(8-13)12-3-5-23-10-12/h3-6,8-11,14,21H,7,12-13,15-17H2,1-2H3,(H2,25,26);4-7,10-11,16,26H,3,8-9H2,1-2H3,(H2,22,23);5-8,10,16H,4H2,1-3H3,(H2,22,23);2-7,9-12H,8,13-14H2,1H3,(H2,20,21);3-8,10H,9H2,1-2H3,(H2,19,20)/t21?,24-;2*16?,19-;;18-/m011.0/s1. The number of rotatable bonds is 19. The maximum Gasteiger partial charge on any atom is 0.266 e. The number of nitriles is 1. The van der Waals surface area contributed by atoms with Crippen LogP contribution in [0, 0.1) is 17.2 Å². The number of nitrogens with two attached hydrogens (primary N) is 5. The Labute approximate surface area is 793 Å². The molecule has 1 saturated carbocycles. The molecule has 25 nitrogen and oxygen atoms in total. The predicted molar refractivity (Wildman–Crippen MR) is 530 cm³/mol. The number of likely N-dealkylation sites (tertiary alicyclic amines) is 1. The minimum absolute atomic E-state index is 0.00695. The summed E-state index contributed by atoms with van der Waals surface area (Å²) in [4.78, 5) is 98.7. The normalized spacial score (nSPS) is 22.8. The summed E-state index contributed by atoms with van der Waals surface area (Å²) in [5, 5.41) is 31.7. The molecule has 11 N–H and O–H groups in total. The molecule has 2 fully saturated rings. The van der Waals surface area contributed by atoms with Gasteiger partial charge in [-0.15, -0.1) is 34.0 Å². The first-order chi connectivity index (χ1) is 62.7. The third-order valence-corrected chi connectivity index (χ3v) is 30.6. The number of aliphatic imine (C=N–C) groups is 5. The van der Waals surface area contributed by atoms with E-state index in [1.807, 2.05) is 142 Å². The quantitative estimate of drug-likeness (QED) is 0.0410. The number of halogens is 2. The number of fused-ring (bicyclic) bond motifs is 1. The molecule has 5 amide bonds. The molecule has 4 aromatic heterocycles. The van der Waals surface area contributed by atoms with Crippen LogP contribution in [0.4, 0.5) is 0 Å². The Morgan fingerprint density at radius 1 is 0.580 bits per heavy atom. The van der Waals surface area contributed by atoms with Gasteiger partial charge in [0.2, 0.25) is 17.7 Å². The topological polar surface area (TPSA) is 359 Å². The second-order valence-electron chi connectivity index (χ2n) is 34.5. The Morgan fingerprint density at radius 3 is 1.82 bits per heavy atom. The number of piperidine rings is 1. The molecule has 3 unspecified atom stereocenters. The maximum absolute atomic E-state index is 13.3. The summed E-state index contributed by atoms with van der Waals surface area (Å²) >= 11 is 16.1. The van der Waals surface area contributed by atoms with E-state index in [2.05, 4.69) is 138 Å². The molecule has 0 bridgehead atoms. The van der Waals surface area contributed by atoms with E-state index in [9.17, 15) is 29.1 Å². The van der Waals surface area contributed by atoms with Crippen molar-refractivity contribution in [3.8, 4) is 39.4 Å². The molecule has 680 valence electrons. The molecule has 131 heavy (non-hydrogen) atoms. The minimum Gasteiger partial charge on any atom is -0.385 e. The minimum atomic E-state index is -1.11. The van der Waals surface area contributed by atoms with Crippen LogP contribution in [0.15, 0.2) is 250 Å². The zero-order chi connectivity index (χ0) is 93.5. The van der Waals surface area contributed by atoms with E-state index in [1.165, 1.54) is 68.8 Å². The van der Waals surface area contributed by atoms with E-state index in [0.29, 0.717) is 61.5 Å². The molecule has 11 aromatic rings. The van der Waals surface area contributed by atoms with Crippen LogP contribution in [0.25, 0.3) is 43.5 Å². The van der Waals surface area contributed by atoms with E-state index in [0.717, 1.165) is 105 Å². The number of aliphatic hydroxyl groups is 1. The smallest absolute Gasteiger partial charge is 0.266 e. The fraction of sp³-hybridized carbons (Fsp3) is 0.330. The average molecular weight is 1920 g/mol. The number of nitrogens with zero attached hydrogens (tertiary/aromatic N) is 12. The highest BCUT2D eigenvalue weighted by Crippen LogP contribution is 2.50. The second kappa shape index (κ2) is 40.2. The lowest BCUT2D eigenvalue weighted by Gasteiger charge is -2.43. The van der Waals surface area contributed by atoms with Gasteiger partial charge in [0.05, 0.1) is 47.1 Å². The van der Waals surface area contributed by atoms with Gasteiger partial charge in [-0.05, 0) is 250 Å². The van der Waals surface area contributed by atoms with Crippen molar-refractivity contribution in [2.24, 2.45) is 59.5 Å². The fourth-order valence-corrected chi connectivity index (χ4v) is 22.2. The highest BCUT2D eigenvalue weighted by Gasteiger charge is 2.53. The Morgan fingerprint density at radius 2 is 1.21 bits per heavy atom. The van der Waals surface area contributed by atoms with Gasteiger partial charge in [-0.2, -0.15) is 16.6 Å². The highest BCUT2D eigenvalue weighted by atomic mass is 79.9. The number of ether oxygens (including phenoxy) is 2. The number of carbonyl (C=O) groups is 5. The lowest BCUT2D eigenvalue weighted by molar-refractivity contribution is -0.144. The molecule has 0 radical (unpaired) electrons. The summed E-state index contributed by atoms with van der Waals surface area (Å²) in [6, 6.07) is 66.0. The van der Waals surface area contributed by atoms with Gasteiger partial charge < -0.3 is 43.2 Å². The number of methoxy groups -OCH3 is 1. The fourth-order valence-electron chi connectivity index (χ4n) is 17.8. The van der Waals surface area contributed by atoms with Gasteiger partial charge in [-0.25, -0.2) is 25.0 Å². The van der Waals surface area contributed by atoms with Crippen LogP contribution < -0.4 is 28.7 Å². The number of amides is 5. The van der Waals surface area contributed by atoms with Gasteiger partial charge in [-0.1, -0.05) is 145 Å². The molecule has 1 aliphatic carbocycles. The monoisotopic (exact) mass is 1920 g/mol. The number of benzene rings is 7. The Kier molecular flexibility index (Phi) is 29.3. The van der Waals surface area contributed by atoms with Crippen LogP contribution in [0.2, 0.25) is 5.02 Å². The van der Waals surface area contributed by atoms with Gasteiger partial charge >= 0.3 is 0 Å². The lowest BCUT2D eigenvalue weighted by Crippen LogP contribution is -2.57. The van der Waals surface area contributed by atoms with Crippen molar-refractivity contribution >= 4 is 142 Å². The van der Waals surface area contributed by atoms with E-state index in [-0.39, 0.29) is 53.4 Å². The van der Waals surface area contributed by atoms with Crippen molar-refractivity contribution in [3.63, 3.8) is 0 Å². The molecule has 6 aliphatic heterocycles. The van der Waals surface area contributed by atoms with E-state index < -0.39 is 45.3 Å². The molecule has 7 atom stereocenters. The van der Waals surface area contributed by atoms with Gasteiger partial charge in [0.15, 0.2) is 41.4 Å². The van der Waals surface area contributed by atoms with Crippen LogP contribution in [0.5, 0.6) is 0 Å². The van der Waals surface area contributed by atoms with Gasteiger partial charge in [0, 0.05) is 103 Å². The van der Waals surface area contributed by atoms with Crippen molar-refractivity contribution in [3.05, 3.63) is 279 Å². The summed E-state index contributed by atoms with van der Waals surface area (Å²) in [7, 11) is 8.25. The van der Waals surface area contributed by atoms with Gasteiger partial charge in [-0.3, -0.25) is 53.4 Å². The Balaban J connectivity index is 0.000000132. The van der Waals surface area contributed by atoms with Crippen LogP contribution in [0.3, 0.4) is 0 Å². The molecule has 10 heterocycles. The van der Waals surface area contributed by atoms with Crippen molar-refractivity contribution in [1.82, 2.24) is 29.4 Å². The summed E-state index contributed by atoms with van der Waals surface area (Å²) in [6.07, 6.45) is 5.54. The number of hydrogen-bond donors (Lipinski definition) is 6. The molecular weight excluding hydrogens is 1810 g/mol. The van der Waals surface area contributed by atoms with Crippen molar-refractivity contribution in [2.75, 3.05) is 68.1 Å². The molecule has 7 aliphatic rings. The second-order valence-corrected chi connectivity index (χ2v) is 39.4. The number of thiophene rings is 4. The van der Waals surface area contributed by atoms with Crippen LogP contribution in [0.1, 0.15) is 141 Å². The first-order valence-electron chi connectivity index (χ1n) is 43.3. The number of hydrogen-bond acceptors (Lipinski definition) is 24. The van der Waals surface area contributed by atoms with E-state index in [4.69, 9.17) is 65.0 Å². The number of carbonyl (C=O) groups excluding carboxylic acids is 5. The van der Waals surface area contributed by atoms with Crippen molar-refractivity contribution in [2.45, 2.75) is 138 Å². The summed E-state index contributed by atoms with van der Waals surface area (Å²) in [5.41, 5.74) is 38.4. The van der Waals surface area contributed by atoms with Crippen molar-refractivity contribution < 1.29 is 38.6 Å². The Hall–Kier alpha value is -11.6. The molecule has 7 aromatic carbocycles. The van der Waals surface area contributed by atoms with Crippen LogP contribution >= 0.6 is 72.9 Å². The first kappa shape index (κ1) is 95.5. The zero-order valence-corrected chi connectivity index (χ0v) is 80.5. The first-order valence-corrected chi connectivity index (χ1v) is 48.1. The third kappa shape index (κ3) is 20.1. The molecule has 18 rings (SSSR count). The van der Waals surface area contributed by atoms with E-state index in [1.54, 1.807) is 92.4 Å². The third-order valence-electron chi connectivity index (χ3n) is 25.6. The molecule has 0 spiro atoms. The molecular formula is C100H109BrClN17O8S4. The van der Waals surface area contributed by atoms with Gasteiger partial charge in [0.1, 0.15) is 11.1 Å². The van der Waals surface area contributed by atoms with Crippen LogP contribution in [-0.2, 0) is 67.7 Å². The molecule has 31 heteroatoms. The summed E-state index contributed by atoms with van der Waals surface area (Å²) < 4.78 is 13.0. The average Bonchev–Trinajstić information content (AvgIpc) is 1.75. The SMILES string of the molecule is CCOC1C(=O)N(C)C(N)=N[C@]1(C)c1cc(-c2cc(Cl)cc(C#N)c2)cs1.CN1C(=O)C(c2ccc(C3(O)CCC3)cc2)[C@@](C)(c2cc(Br)cs2)N=C1N.CN1C(=O)C[C@@](C)(C2CCCN(Cc3cccc(-c4ccccc4)c3)C2)N=C1N.CN1C(=O)C[C@@](C)(c2cc(-c3ccsc3)c3sccc3c2)N=C1N.COCCCN1C(=O)C(c2ccccc2)(c2ccccc2)N=C1N. The maximum atomic E-state index is 13.3. The number of guanidine groups is 5. The summed E-state index contributed by atoms with van der Waals surface area (Å²) in [5.74, 6) is 0.743. The largest absolute Gasteiger partial charge is 0.385 e. The van der Waals surface area contributed by atoms with E-state index >= 15 is 0 Å². The zero-order valence-electron chi connectivity index (χ0n) is 74.9. The number of likely N-dealkylation sites (N-methyl/N-ethyl adjacent to an activating group) is 2. The highest BCUT2D eigenvalue weighted by molar-refractivity contribution is 9.10. The molecule has 1 saturated heterocycles. The van der Waals surface area contributed by atoms with Crippen molar-refractivity contribution in [1.29, 1.82) is 5.26 Å². The predicted octanol–water partition coefficient (Wildman–Crippen LogP) is 16.7. The van der Waals surface area contributed by atoms with Crippen LogP contribution in [-0.4, -0.2) is 174 Å². The van der Waals surface area contributed by atoms with Gasteiger partial charge in [0.25, 0.3) is 11.8 Å².